The molecule has 0 bridgehead atoms. The predicted molar refractivity (Wildman–Crippen MR) is 228 cm³/mol. The van der Waals surface area contributed by atoms with Gasteiger partial charge in [-0.15, -0.1) is 0 Å². The summed E-state index contributed by atoms with van der Waals surface area (Å²) < 4.78 is 43.8. The standard InChI is InChI=1S/C46H38ClF2N7O7/c1-4-26-27-15-25(9-10-34(27)53-40-29(26)19-56-35(40)17-31-30(44(56)59)21-63-45(60)46(31,61)5-2)62-20-23(3)43(58)55-14-13-54(18-24(55)11-12-50)42-28-16-32(47)37(39(49)41(28)51-22-52-42)38-33(48)7-6-8-36(38)57/h6-10,15-17,22,24,57,61H,3-5,11,13-14,18-21H2,1-2H3. The first kappa shape index (κ1) is 41.4. The van der Waals surface area contributed by atoms with Crippen LogP contribution < -0.4 is 15.2 Å². The third-order valence-corrected chi connectivity index (χ3v) is 12.6. The van der Waals surface area contributed by atoms with Crippen molar-refractivity contribution in [3.63, 3.8) is 0 Å². The molecule has 2 unspecified atom stereocenters. The number of ether oxygens (including phenoxy) is 2. The van der Waals surface area contributed by atoms with E-state index in [4.69, 9.17) is 26.1 Å². The van der Waals surface area contributed by atoms with E-state index in [1.165, 1.54) is 18.2 Å². The van der Waals surface area contributed by atoms with Gasteiger partial charge in [-0.25, -0.2) is 28.5 Å². The lowest BCUT2D eigenvalue weighted by Gasteiger charge is -2.41. The van der Waals surface area contributed by atoms with E-state index in [-0.39, 0.29) is 96.0 Å². The number of amides is 1. The number of carbonyl (C=O) groups excluding carboxylic acids is 2. The van der Waals surface area contributed by atoms with Gasteiger partial charge in [-0.1, -0.05) is 38.1 Å². The van der Waals surface area contributed by atoms with E-state index in [1.807, 2.05) is 13.0 Å². The van der Waals surface area contributed by atoms with E-state index >= 15 is 4.39 Å². The van der Waals surface area contributed by atoms with Gasteiger partial charge in [0.15, 0.2) is 11.4 Å². The van der Waals surface area contributed by atoms with Crippen LogP contribution >= 0.6 is 11.6 Å². The summed E-state index contributed by atoms with van der Waals surface area (Å²) in [6, 6.07) is 13.6. The number of phenolic OH excluding ortho intramolecular Hbond substituents is 1. The van der Waals surface area contributed by atoms with Gasteiger partial charge in [-0.2, -0.15) is 5.26 Å². The Hall–Kier alpha value is -6.96. The van der Waals surface area contributed by atoms with Crippen LogP contribution in [-0.2, 0) is 39.5 Å². The van der Waals surface area contributed by atoms with Crippen LogP contribution in [0.5, 0.6) is 11.5 Å². The predicted octanol–water partition coefficient (Wildman–Crippen LogP) is 6.46. The Morgan fingerprint density at radius 1 is 1.10 bits per heavy atom. The number of aromatic nitrogens is 4. The SMILES string of the molecule is C=C(COc1ccc2nc3c(c(CC)c2c1)Cn1c-3cc2c(c1=O)COC(=O)C2(O)CC)C(=O)N1CCN(c2ncnc3c(F)c(-c4c(O)cccc4F)c(Cl)cc23)CC1CC#N. The minimum absolute atomic E-state index is 0.0307. The zero-order valence-electron chi connectivity index (χ0n) is 34.0. The van der Waals surface area contributed by atoms with Gasteiger partial charge in [0.1, 0.15) is 48.2 Å². The van der Waals surface area contributed by atoms with E-state index in [9.17, 15) is 34.2 Å². The Morgan fingerprint density at radius 2 is 1.90 bits per heavy atom. The molecular formula is C46H38ClF2N7O7. The zero-order valence-corrected chi connectivity index (χ0v) is 34.8. The molecular weight excluding hydrogens is 836 g/mol. The van der Waals surface area contributed by atoms with Crippen molar-refractivity contribution in [2.75, 3.05) is 31.1 Å². The molecule has 14 nitrogen and oxygen atoms in total. The topological polar surface area (TPSA) is 184 Å². The molecule has 9 rings (SSSR count). The van der Waals surface area contributed by atoms with Gasteiger partial charge in [0.05, 0.1) is 58.1 Å². The normalized spacial score (nSPS) is 17.9. The number of piperazine rings is 1. The number of hydrogen-bond acceptors (Lipinski definition) is 12. The fraction of sp³-hybridized carbons (Fsp3) is 0.283. The number of anilines is 1. The average Bonchev–Trinajstić information content (AvgIpc) is 3.65. The third kappa shape index (κ3) is 6.61. The minimum atomic E-state index is -1.94. The van der Waals surface area contributed by atoms with E-state index in [2.05, 4.69) is 22.6 Å². The summed E-state index contributed by atoms with van der Waals surface area (Å²) in [5, 5.41) is 32.3. The number of benzene rings is 3. The highest BCUT2D eigenvalue weighted by atomic mass is 35.5. The maximum absolute atomic E-state index is 16.1. The summed E-state index contributed by atoms with van der Waals surface area (Å²) >= 11 is 6.53. The lowest BCUT2D eigenvalue weighted by Crippen LogP contribution is -2.56. The molecule has 320 valence electrons. The summed E-state index contributed by atoms with van der Waals surface area (Å²) in [6.07, 6.45) is 1.76. The van der Waals surface area contributed by atoms with Crippen LogP contribution in [0.25, 0.3) is 44.3 Å². The maximum Gasteiger partial charge on any atom is 0.343 e. The summed E-state index contributed by atoms with van der Waals surface area (Å²) in [6.45, 7) is 8.10. The molecule has 63 heavy (non-hydrogen) atoms. The van der Waals surface area contributed by atoms with Crippen molar-refractivity contribution in [3.8, 4) is 40.1 Å². The average molecular weight is 874 g/mol. The molecule has 0 spiro atoms. The first-order valence-electron chi connectivity index (χ1n) is 20.3. The van der Waals surface area contributed by atoms with Gasteiger partial charge in [0, 0.05) is 52.7 Å². The monoisotopic (exact) mass is 873 g/mol. The van der Waals surface area contributed by atoms with E-state index < -0.39 is 46.5 Å². The zero-order chi connectivity index (χ0) is 44.5. The largest absolute Gasteiger partial charge is 0.507 e. The van der Waals surface area contributed by atoms with Crippen LogP contribution in [0.15, 0.2) is 71.8 Å². The van der Waals surface area contributed by atoms with Gasteiger partial charge >= 0.3 is 5.97 Å². The molecule has 3 aliphatic heterocycles. The van der Waals surface area contributed by atoms with Crippen molar-refractivity contribution in [1.29, 1.82) is 5.26 Å². The highest BCUT2D eigenvalue weighted by molar-refractivity contribution is 6.34. The molecule has 3 aromatic heterocycles. The number of nitriles is 1. The second-order valence-electron chi connectivity index (χ2n) is 15.7. The number of halogens is 3. The molecule has 3 aliphatic rings. The van der Waals surface area contributed by atoms with Gasteiger partial charge < -0.3 is 34.1 Å². The smallest absolute Gasteiger partial charge is 0.343 e. The lowest BCUT2D eigenvalue weighted by molar-refractivity contribution is -0.172. The summed E-state index contributed by atoms with van der Waals surface area (Å²) in [7, 11) is 0. The Kier molecular flexibility index (Phi) is 10.3. The highest BCUT2D eigenvalue weighted by Crippen LogP contribution is 2.43. The van der Waals surface area contributed by atoms with E-state index in [1.54, 1.807) is 39.5 Å². The van der Waals surface area contributed by atoms with Crippen LogP contribution in [0.3, 0.4) is 0 Å². The summed E-state index contributed by atoms with van der Waals surface area (Å²) in [4.78, 5) is 57.1. The Labute approximate surface area is 363 Å². The minimum Gasteiger partial charge on any atom is -0.507 e. The molecule has 3 aromatic carbocycles. The molecule has 17 heteroatoms. The van der Waals surface area contributed by atoms with Crippen LogP contribution in [0.1, 0.15) is 48.9 Å². The van der Waals surface area contributed by atoms with Gasteiger partial charge in [-0.3, -0.25) is 9.59 Å². The molecule has 0 saturated carbocycles. The van der Waals surface area contributed by atoms with Crippen LogP contribution in [-0.4, -0.2) is 78.8 Å². The molecule has 6 heterocycles. The molecule has 6 aromatic rings. The van der Waals surface area contributed by atoms with Crippen LogP contribution in [0.2, 0.25) is 5.02 Å². The molecule has 1 amide bonds. The van der Waals surface area contributed by atoms with Crippen molar-refractivity contribution in [2.24, 2.45) is 0 Å². The second-order valence-corrected chi connectivity index (χ2v) is 16.1. The molecule has 0 radical (unpaired) electrons. The molecule has 0 aliphatic carbocycles. The number of aromatic hydroxyl groups is 1. The molecule has 1 saturated heterocycles. The summed E-state index contributed by atoms with van der Waals surface area (Å²) in [5.74, 6) is -2.74. The quantitative estimate of drug-likeness (QED) is 0.120. The van der Waals surface area contributed by atoms with Gasteiger partial charge in [-0.05, 0) is 60.9 Å². The number of pyridine rings is 2. The molecule has 2 N–H and O–H groups in total. The van der Waals surface area contributed by atoms with E-state index in [0.717, 1.165) is 28.9 Å². The molecule has 2 atom stereocenters. The number of phenols is 1. The second kappa shape index (κ2) is 15.7. The lowest BCUT2D eigenvalue weighted by atomic mass is 9.86. The number of rotatable bonds is 9. The Morgan fingerprint density at radius 3 is 2.65 bits per heavy atom. The number of aliphatic hydroxyl groups is 1. The van der Waals surface area contributed by atoms with Crippen molar-refractivity contribution in [2.45, 2.75) is 57.9 Å². The number of hydrogen-bond donors (Lipinski definition) is 2. The number of aryl methyl sites for hydroxylation is 1. The van der Waals surface area contributed by atoms with Crippen LogP contribution in [0.4, 0.5) is 14.6 Å². The number of fused-ring (bicyclic) bond motifs is 6. The fourth-order valence-electron chi connectivity index (χ4n) is 9.02. The number of cyclic esters (lactones) is 1. The van der Waals surface area contributed by atoms with Gasteiger partial charge in [0.2, 0.25) is 0 Å². The van der Waals surface area contributed by atoms with E-state index in [0.29, 0.717) is 34.9 Å². The fourth-order valence-corrected chi connectivity index (χ4v) is 9.31. The third-order valence-electron chi connectivity index (χ3n) is 12.3. The van der Waals surface area contributed by atoms with Crippen molar-refractivity contribution in [3.05, 3.63) is 116 Å². The van der Waals surface area contributed by atoms with Gasteiger partial charge in [0.25, 0.3) is 11.5 Å². The maximum atomic E-state index is 16.1. The van der Waals surface area contributed by atoms with Crippen LogP contribution in [0, 0.1) is 23.0 Å². The Balaban J connectivity index is 0.931. The summed E-state index contributed by atoms with van der Waals surface area (Å²) in [5.41, 5.74) is 0.981. The first-order chi connectivity index (χ1) is 30.3. The number of carbonyl (C=O) groups is 2. The first-order valence-corrected chi connectivity index (χ1v) is 20.6. The number of nitrogens with zero attached hydrogens (tertiary/aromatic N) is 7. The number of esters is 1. The molecule has 1 fully saturated rings. The Bertz CT molecular complexity index is 3060. The van der Waals surface area contributed by atoms with Crippen molar-refractivity contribution >= 4 is 51.1 Å². The van der Waals surface area contributed by atoms with Crippen molar-refractivity contribution in [1.82, 2.24) is 24.4 Å². The van der Waals surface area contributed by atoms with Crippen molar-refractivity contribution < 1.29 is 38.1 Å². The highest BCUT2D eigenvalue weighted by Gasteiger charge is 2.45.